The van der Waals surface area contributed by atoms with Gasteiger partial charge >= 0.3 is 5.97 Å². The zero-order valence-electron chi connectivity index (χ0n) is 26.5. The van der Waals surface area contributed by atoms with Crippen LogP contribution in [0.15, 0.2) is 106 Å². The van der Waals surface area contributed by atoms with E-state index in [4.69, 9.17) is 16.3 Å². The Morgan fingerprint density at radius 3 is 1.39 bits per heavy atom. The number of hydrogen-bond acceptors (Lipinski definition) is 10. The first-order chi connectivity index (χ1) is 21.7. The maximum atomic E-state index is 12.1. The lowest BCUT2D eigenvalue weighted by molar-refractivity contribution is -0.163. The summed E-state index contributed by atoms with van der Waals surface area (Å²) < 4.78 is 5.14. The van der Waals surface area contributed by atoms with Crippen LogP contribution in [0.25, 0.3) is 0 Å². The number of ether oxygens (including phenoxy) is 1. The second-order valence-electron chi connectivity index (χ2n) is 10.6. The van der Waals surface area contributed by atoms with E-state index in [0.717, 1.165) is 14.7 Å². The summed E-state index contributed by atoms with van der Waals surface area (Å²) in [6, 6.07) is 28.7. The molecule has 7 nitrogen and oxygen atoms in total. The zero-order chi connectivity index (χ0) is 34.5. The number of Topliss-reactive ketones (excluding diaryl/α,β-unsaturated/α-hetero) is 4. The van der Waals surface area contributed by atoms with Gasteiger partial charge in [0.25, 0.3) is 0 Å². The molecule has 0 aromatic heterocycles. The number of rotatable bonds is 14. The lowest BCUT2D eigenvalue weighted by Crippen LogP contribution is -2.37. The van der Waals surface area contributed by atoms with Gasteiger partial charge in [0, 0.05) is 14.7 Å². The van der Waals surface area contributed by atoms with Gasteiger partial charge in [0.1, 0.15) is 17.2 Å². The molecule has 0 saturated heterocycles. The van der Waals surface area contributed by atoms with Gasteiger partial charge in [-0.1, -0.05) is 54.6 Å². The molecule has 0 saturated carbocycles. The fourth-order valence-corrected chi connectivity index (χ4v) is 5.70. The summed E-state index contributed by atoms with van der Waals surface area (Å²) in [6.07, 6.45) is 0.0554. The van der Waals surface area contributed by atoms with Crippen molar-refractivity contribution in [1.29, 1.82) is 0 Å². The van der Waals surface area contributed by atoms with Crippen molar-refractivity contribution in [2.24, 2.45) is 5.92 Å². The third-order valence-corrected chi connectivity index (χ3v) is 8.59. The van der Waals surface area contributed by atoms with Crippen molar-refractivity contribution in [3.8, 4) is 0 Å². The van der Waals surface area contributed by atoms with Crippen LogP contribution in [0.5, 0.6) is 0 Å². The number of hydrogen-bond donors (Lipinski definition) is 0. The van der Waals surface area contributed by atoms with Crippen LogP contribution < -0.4 is 0 Å². The average Bonchev–Trinajstić information content (AvgIpc) is 2.99. The van der Waals surface area contributed by atoms with E-state index in [1.165, 1.54) is 49.1 Å². The molecule has 3 aromatic carbocycles. The normalized spacial score (nSPS) is 11.0. The third-order valence-electron chi connectivity index (χ3n) is 5.18. The standard InChI is InChI=1S/C16H20O4S.C11H12O2S.C8H7ClOS/c1-11(17)14(15(19)20-16(2,3)4)13(18)10-21-12-8-6-5-7-9-12;1-9(12)7-10(13)8-14-11-5-3-2-4-6-11;9-8(10)6-11-7-4-2-1-3-5-7/h5-9,14H,10H2,1-4H3;2-6H,7-8H2,1H3;1-5H,6H2. The van der Waals surface area contributed by atoms with Crippen molar-refractivity contribution >= 4 is 81.2 Å². The number of thioether (sulfide) groups is 3. The summed E-state index contributed by atoms with van der Waals surface area (Å²) in [7, 11) is 0. The van der Waals surface area contributed by atoms with Gasteiger partial charge in [-0.25, -0.2) is 0 Å². The van der Waals surface area contributed by atoms with Crippen LogP contribution in [0.3, 0.4) is 0 Å². The molecular formula is C35H39ClO7S3. The van der Waals surface area contributed by atoms with Gasteiger partial charge in [-0.15, -0.1) is 35.3 Å². The van der Waals surface area contributed by atoms with Crippen LogP contribution in [-0.4, -0.2) is 57.2 Å². The van der Waals surface area contributed by atoms with Gasteiger partial charge < -0.3 is 4.74 Å². The molecule has 0 bridgehead atoms. The largest absolute Gasteiger partial charge is 0.459 e. The molecule has 1 unspecified atom stereocenters. The van der Waals surface area contributed by atoms with Gasteiger partial charge in [-0.05, 0) is 82.6 Å². The van der Waals surface area contributed by atoms with E-state index in [2.05, 4.69) is 0 Å². The number of halogens is 1. The lowest BCUT2D eigenvalue weighted by atomic mass is 10.0. The quantitative estimate of drug-likeness (QED) is 0.0715. The smallest absolute Gasteiger partial charge is 0.324 e. The van der Waals surface area contributed by atoms with Crippen LogP contribution in [0.4, 0.5) is 0 Å². The summed E-state index contributed by atoms with van der Waals surface area (Å²) >= 11 is 9.38. The Bertz CT molecular complexity index is 1410. The number of carbonyl (C=O) groups excluding carboxylic acids is 6. The van der Waals surface area contributed by atoms with Crippen molar-refractivity contribution in [3.63, 3.8) is 0 Å². The molecule has 0 spiro atoms. The fourth-order valence-electron chi connectivity index (χ4n) is 3.31. The maximum Gasteiger partial charge on any atom is 0.324 e. The van der Waals surface area contributed by atoms with E-state index >= 15 is 0 Å². The van der Waals surface area contributed by atoms with Crippen molar-refractivity contribution in [2.45, 2.75) is 61.3 Å². The molecule has 1 atom stereocenters. The van der Waals surface area contributed by atoms with E-state index in [9.17, 15) is 28.8 Å². The predicted molar refractivity (Wildman–Crippen MR) is 188 cm³/mol. The van der Waals surface area contributed by atoms with Crippen LogP contribution in [0.2, 0.25) is 0 Å². The first-order valence-corrected chi connectivity index (χ1v) is 17.5. The van der Waals surface area contributed by atoms with Gasteiger partial charge in [0.2, 0.25) is 5.24 Å². The molecule has 0 N–H and O–H groups in total. The molecule has 0 amide bonds. The first kappa shape index (κ1) is 40.8. The van der Waals surface area contributed by atoms with Gasteiger partial charge in [0.05, 0.1) is 23.7 Å². The SMILES string of the molecule is CC(=O)C(C(=O)CSc1ccccc1)C(=O)OC(C)(C)C.CC(=O)CC(=O)CSc1ccccc1.O=C(Cl)CSc1ccccc1. The molecule has 46 heavy (non-hydrogen) atoms. The Hall–Kier alpha value is -3.18. The maximum absolute atomic E-state index is 12.1. The van der Waals surface area contributed by atoms with E-state index in [0.29, 0.717) is 11.5 Å². The van der Waals surface area contributed by atoms with Crippen molar-refractivity contribution in [3.05, 3.63) is 91.0 Å². The average molecular weight is 703 g/mol. The number of carbonyl (C=O) groups is 6. The summed E-state index contributed by atoms with van der Waals surface area (Å²) in [5, 5.41) is -0.307. The first-order valence-electron chi connectivity index (χ1n) is 14.2. The minimum atomic E-state index is -1.33. The molecule has 0 heterocycles. The highest BCUT2D eigenvalue weighted by Crippen LogP contribution is 2.21. The van der Waals surface area contributed by atoms with Gasteiger partial charge in [-0.2, -0.15) is 0 Å². The van der Waals surface area contributed by atoms with Crippen molar-refractivity contribution in [2.75, 3.05) is 17.3 Å². The lowest BCUT2D eigenvalue weighted by Gasteiger charge is -2.22. The van der Waals surface area contributed by atoms with Gasteiger partial charge in [0.15, 0.2) is 17.5 Å². The number of ketones is 4. The Morgan fingerprint density at radius 1 is 0.652 bits per heavy atom. The van der Waals surface area contributed by atoms with Crippen molar-refractivity contribution in [1.82, 2.24) is 0 Å². The Kier molecular flexibility index (Phi) is 19.9. The molecular weight excluding hydrogens is 664 g/mol. The second-order valence-corrected chi connectivity index (χ2v) is 14.2. The molecule has 0 radical (unpaired) electrons. The Labute approximate surface area is 289 Å². The van der Waals surface area contributed by atoms with Crippen LogP contribution in [0.1, 0.15) is 41.0 Å². The van der Waals surface area contributed by atoms with Crippen molar-refractivity contribution < 1.29 is 33.5 Å². The molecule has 11 heteroatoms. The Morgan fingerprint density at radius 2 is 1.04 bits per heavy atom. The highest BCUT2D eigenvalue weighted by atomic mass is 35.5. The molecule has 246 valence electrons. The molecule has 0 aliphatic rings. The van der Waals surface area contributed by atoms with Crippen LogP contribution in [-0.2, 0) is 33.5 Å². The highest BCUT2D eigenvalue weighted by Gasteiger charge is 2.34. The third kappa shape index (κ3) is 20.0. The monoisotopic (exact) mass is 702 g/mol. The number of benzene rings is 3. The fraction of sp³-hybridized carbons (Fsp3) is 0.314. The summed E-state index contributed by atoms with van der Waals surface area (Å²) in [5.74, 6) is -2.31. The number of esters is 1. The predicted octanol–water partition coefficient (Wildman–Crippen LogP) is 7.77. The summed E-state index contributed by atoms with van der Waals surface area (Å²) in [5.41, 5.74) is -0.725. The topological polar surface area (TPSA) is 112 Å². The molecule has 3 aromatic rings. The van der Waals surface area contributed by atoms with Crippen LogP contribution >= 0.6 is 46.9 Å². The summed E-state index contributed by atoms with van der Waals surface area (Å²) in [4.78, 5) is 70.9. The minimum absolute atomic E-state index is 0.00801. The van der Waals surface area contributed by atoms with E-state index in [-0.39, 0.29) is 29.0 Å². The van der Waals surface area contributed by atoms with Crippen LogP contribution in [0, 0.1) is 5.92 Å². The molecule has 0 aliphatic carbocycles. The van der Waals surface area contributed by atoms with E-state index in [1.807, 2.05) is 91.0 Å². The Balaban J connectivity index is 0.000000366. The highest BCUT2D eigenvalue weighted by molar-refractivity contribution is 8.00. The van der Waals surface area contributed by atoms with E-state index < -0.39 is 29.1 Å². The van der Waals surface area contributed by atoms with Gasteiger partial charge in [-0.3, -0.25) is 28.8 Å². The molecule has 0 fully saturated rings. The van der Waals surface area contributed by atoms with E-state index in [1.54, 1.807) is 20.8 Å². The summed E-state index contributed by atoms with van der Waals surface area (Å²) in [6.45, 7) is 7.77. The zero-order valence-corrected chi connectivity index (χ0v) is 29.7. The minimum Gasteiger partial charge on any atom is -0.459 e. The molecule has 3 rings (SSSR count). The molecule has 0 aliphatic heterocycles. The second kappa shape index (κ2) is 22.4.